The molecule has 0 atom stereocenters. The molecule has 0 fully saturated rings. The summed E-state index contributed by atoms with van der Waals surface area (Å²) in [4.78, 5) is 0. The van der Waals surface area contributed by atoms with Crippen molar-refractivity contribution < 1.29 is 0 Å². The predicted molar refractivity (Wildman–Crippen MR) is 64.5 cm³/mol. The second kappa shape index (κ2) is 3.94. The Hall–Kier alpha value is -0.490. The molecule has 0 spiro atoms. The summed E-state index contributed by atoms with van der Waals surface area (Å²) in [6.45, 7) is 13.0. The van der Waals surface area contributed by atoms with Crippen LogP contribution in [0.5, 0.6) is 0 Å². The van der Waals surface area contributed by atoms with Crippen molar-refractivity contribution in [3.05, 3.63) is 32.8 Å². The third-order valence-corrected chi connectivity index (χ3v) is 3.72. The summed E-state index contributed by atoms with van der Waals surface area (Å²) < 4.78 is 0. The molecule has 0 aliphatic heterocycles. The highest BCUT2D eigenvalue weighted by Crippen LogP contribution is 2.34. The van der Waals surface area contributed by atoms with Gasteiger partial charge in [0.1, 0.15) is 0 Å². The molecule has 1 rings (SSSR count). The molecular weight excluding hydrogens is 192 g/mol. The minimum absolute atomic E-state index is 0.500. The highest BCUT2D eigenvalue weighted by atomic mass is 35.5. The Balaban J connectivity index is 3.60. The zero-order valence-corrected chi connectivity index (χ0v) is 10.7. The standard InChI is InChI=1S/C13H19Cl/c1-7(2)12-10(5)8(3)9(4)11(6)13(12)14/h7H,1-6H3. The molecule has 0 N–H and O–H groups in total. The second-order valence-electron chi connectivity index (χ2n) is 4.38. The fourth-order valence-corrected chi connectivity index (χ4v) is 2.48. The van der Waals surface area contributed by atoms with Crippen molar-refractivity contribution >= 4 is 11.6 Å². The van der Waals surface area contributed by atoms with Crippen molar-refractivity contribution in [2.75, 3.05) is 0 Å². The average Bonchev–Trinajstić information content (AvgIpc) is 2.11. The third kappa shape index (κ3) is 1.68. The molecule has 0 saturated heterocycles. The molecule has 0 saturated carbocycles. The Morgan fingerprint density at radius 1 is 0.786 bits per heavy atom. The molecule has 0 radical (unpaired) electrons. The van der Waals surface area contributed by atoms with Crippen molar-refractivity contribution in [2.24, 2.45) is 0 Å². The van der Waals surface area contributed by atoms with Gasteiger partial charge in [0.2, 0.25) is 0 Å². The molecule has 0 aliphatic carbocycles. The zero-order valence-electron chi connectivity index (χ0n) is 9.96. The van der Waals surface area contributed by atoms with Crippen LogP contribution in [0.2, 0.25) is 5.02 Å². The lowest BCUT2D eigenvalue weighted by molar-refractivity contribution is 0.850. The molecule has 0 bridgehead atoms. The molecule has 0 unspecified atom stereocenters. The van der Waals surface area contributed by atoms with Crippen LogP contribution in [0.3, 0.4) is 0 Å². The molecular formula is C13H19Cl. The molecule has 0 nitrogen and oxygen atoms in total. The molecule has 1 heteroatoms. The average molecular weight is 211 g/mol. The molecule has 1 aromatic rings. The van der Waals surface area contributed by atoms with Crippen molar-refractivity contribution in [2.45, 2.75) is 47.5 Å². The Morgan fingerprint density at radius 2 is 1.21 bits per heavy atom. The first-order valence-corrected chi connectivity index (χ1v) is 5.51. The van der Waals surface area contributed by atoms with E-state index in [0.717, 1.165) is 5.02 Å². The van der Waals surface area contributed by atoms with E-state index in [1.54, 1.807) is 0 Å². The fourth-order valence-electron chi connectivity index (χ4n) is 1.98. The molecule has 14 heavy (non-hydrogen) atoms. The van der Waals surface area contributed by atoms with Crippen LogP contribution in [0.15, 0.2) is 0 Å². The summed E-state index contributed by atoms with van der Waals surface area (Å²) in [6, 6.07) is 0. The summed E-state index contributed by atoms with van der Waals surface area (Å²) in [5.74, 6) is 0.500. The topological polar surface area (TPSA) is 0 Å². The van der Waals surface area contributed by atoms with Crippen LogP contribution in [0, 0.1) is 27.7 Å². The van der Waals surface area contributed by atoms with Gasteiger partial charge in [-0.3, -0.25) is 0 Å². The van der Waals surface area contributed by atoms with Gasteiger partial charge in [-0.25, -0.2) is 0 Å². The lowest BCUT2D eigenvalue weighted by atomic mass is 9.89. The summed E-state index contributed by atoms with van der Waals surface area (Å²) in [7, 11) is 0. The lowest BCUT2D eigenvalue weighted by Crippen LogP contribution is -2.01. The van der Waals surface area contributed by atoms with E-state index in [0.29, 0.717) is 5.92 Å². The van der Waals surface area contributed by atoms with Gasteiger partial charge in [0.25, 0.3) is 0 Å². The van der Waals surface area contributed by atoms with E-state index in [1.807, 2.05) is 0 Å². The molecule has 0 aromatic heterocycles. The van der Waals surface area contributed by atoms with E-state index >= 15 is 0 Å². The maximum atomic E-state index is 6.37. The Kier molecular flexibility index (Phi) is 3.26. The monoisotopic (exact) mass is 210 g/mol. The van der Waals surface area contributed by atoms with Crippen LogP contribution in [-0.2, 0) is 0 Å². The SMILES string of the molecule is Cc1c(C)c(C)c(C(C)C)c(Cl)c1C. The summed E-state index contributed by atoms with van der Waals surface area (Å²) in [6.07, 6.45) is 0. The van der Waals surface area contributed by atoms with Crippen molar-refractivity contribution in [1.29, 1.82) is 0 Å². The van der Waals surface area contributed by atoms with Gasteiger partial charge < -0.3 is 0 Å². The van der Waals surface area contributed by atoms with Gasteiger partial charge in [-0.1, -0.05) is 25.4 Å². The number of benzene rings is 1. The van der Waals surface area contributed by atoms with E-state index in [1.165, 1.54) is 27.8 Å². The van der Waals surface area contributed by atoms with Gasteiger partial charge >= 0.3 is 0 Å². The van der Waals surface area contributed by atoms with Gasteiger partial charge in [0.15, 0.2) is 0 Å². The second-order valence-corrected chi connectivity index (χ2v) is 4.76. The Labute approximate surface area is 92.3 Å². The zero-order chi connectivity index (χ0) is 11.0. The van der Waals surface area contributed by atoms with Gasteiger partial charge in [0, 0.05) is 5.02 Å². The van der Waals surface area contributed by atoms with Crippen LogP contribution < -0.4 is 0 Å². The molecule has 78 valence electrons. The number of rotatable bonds is 1. The van der Waals surface area contributed by atoms with Gasteiger partial charge in [-0.05, 0) is 61.4 Å². The Morgan fingerprint density at radius 3 is 1.64 bits per heavy atom. The van der Waals surface area contributed by atoms with E-state index in [-0.39, 0.29) is 0 Å². The van der Waals surface area contributed by atoms with E-state index < -0.39 is 0 Å². The minimum Gasteiger partial charge on any atom is -0.0837 e. The smallest absolute Gasteiger partial charge is 0.0475 e. The number of halogens is 1. The quantitative estimate of drug-likeness (QED) is 0.631. The van der Waals surface area contributed by atoms with Crippen LogP contribution >= 0.6 is 11.6 Å². The summed E-state index contributed by atoms with van der Waals surface area (Å²) in [5, 5.41) is 0.959. The Bertz CT molecular complexity index is 333. The van der Waals surface area contributed by atoms with E-state index in [2.05, 4.69) is 41.5 Å². The predicted octanol–water partition coefficient (Wildman–Crippen LogP) is 4.70. The van der Waals surface area contributed by atoms with Crippen LogP contribution in [0.4, 0.5) is 0 Å². The third-order valence-electron chi connectivity index (χ3n) is 3.23. The van der Waals surface area contributed by atoms with Crippen LogP contribution in [0.1, 0.15) is 47.6 Å². The summed E-state index contributed by atoms with van der Waals surface area (Å²) in [5.41, 5.74) is 6.62. The molecule has 0 aliphatic rings. The molecule has 1 aromatic carbocycles. The minimum atomic E-state index is 0.500. The lowest BCUT2D eigenvalue weighted by Gasteiger charge is -2.19. The number of hydrogen-bond donors (Lipinski definition) is 0. The summed E-state index contributed by atoms with van der Waals surface area (Å²) >= 11 is 6.37. The van der Waals surface area contributed by atoms with Crippen molar-refractivity contribution in [3.63, 3.8) is 0 Å². The van der Waals surface area contributed by atoms with E-state index in [4.69, 9.17) is 11.6 Å². The maximum absolute atomic E-state index is 6.37. The van der Waals surface area contributed by atoms with Crippen molar-refractivity contribution in [3.8, 4) is 0 Å². The largest absolute Gasteiger partial charge is 0.0837 e. The van der Waals surface area contributed by atoms with Crippen molar-refractivity contribution in [1.82, 2.24) is 0 Å². The first-order valence-electron chi connectivity index (χ1n) is 5.13. The highest BCUT2D eigenvalue weighted by Gasteiger charge is 2.15. The number of hydrogen-bond acceptors (Lipinski definition) is 0. The maximum Gasteiger partial charge on any atom is 0.0475 e. The van der Waals surface area contributed by atoms with Gasteiger partial charge in [0.05, 0.1) is 0 Å². The fraction of sp³-hybridized carbons (Fsp3) is 0.538. The first kappa shape index (κ1) is 11.6. The first-order chi connectivity index (χ1) is 6.37. The van der Waals surface area contributed by atoms with Gasteiger partial charge in [-0.15, -0.1) is 0 Å². The molecule has 0 heterocycles. The van der Waals surface area contributed by atoms with Crippen LogP contribution in [-0.4, -0.2) is 0 Å². The normalized spacial score (nSPS) is 11.1. The van der Waals surface area contributed by atoms with Crippen LogP contribution in [0.25, 0.3) is 0 Å². The van der Waals surface area contributed by atoms with Gasteiger partial charge in [-0.2, -0.15) is 0 Å². The molecule has 0 amide bonds. The highest BCUT2D eigenvalue weighted by molar-refractivity contribution is 6.32. The van der Waals surface area contributed by atoms with E-state index in [9.17, 15) is 0 Å².